The summed E-state index contributed by atoms with van der Waals surface area (Å²) in [6.45, 7) is 7.29. The SMILES string of the molecule is COc1cccc(CN(C(=O)CN(c2ccc(Cl)c(Cl)c2)S(=O)(=O)c2ccc(C)cc2)[C@H](C)C(=O)NCC(C)C)c1. The van der Waals surface area contributed by atoms with Crippen LogP contribution in [0.25, 0.3) is 0 Å². The van der Waals surface area contributed by atoms with Gasteiger partial charge in [-0.3, -0.25) is 13.9 Å². The van der Waals surface area contributed by atoms with Crippen LogP contribution in [-0.2, 0) is 26.2 Å². The number of halogens is 2. The van der Waals surface area contributed by atoms with E-state index in [0.29, 0.717) is 17.9 Å². The normalized spacial score (nSPS) is 12.1. The van der Waals surface area contributed by atoms with E-state index < -0.39 is 28.5 Å². The molecule has 3 aromatic carbocycles. The molecule has 41 heavy (non-hydrogen) atoms. The molecule has 0 aliphatic rings. The first-order valence-electron chi connectivity index (χ1n) is 13.1. The minimum Gasteiger partial charge on any atom is -0.497 e. The van der Waals surface area contributed by atoms with Gasteiger partial charge in [-0.05, 0) is 67.8 Å². The Morgan fingerprint density at radius 1 is 0.951 bits per heavy atom. The molecule has 0 radical (unpaired) electrons. The third-order valence-electron chi connectivity index (χ3n) is 6.42. The van der Waals surface area contributed by atoms with Crippen LogP contribution in [0.5, 0.6) is 5.75 Å². The Morgan fingerprint density at radius 3 is 2.24 bits per heavy atom. The number of carbonyl (C=O) groups excluding carboxylic acids is 2. The standard InChI is InChI=1S/C30H35Cl2N3O5S/c1-20(2)17-33-30(37)22(4)34(18-23-7-6-8-25(15-23)40-5)29(36)19-35(24-11-14-27(31)28(32)16-24)41(38,39)26-12-9-21(3)10-13-26/h6-16,20,22H,17-19H2,1-5H3,(H,33,37)/t22-/m1/s1. The van der Waals surface area contributed by atoms with Crippen LogP contribution in [0.4, 0.5) is 5.69 Å². The molecule has 11 heteroatoms. The second kappa shape index (κ2) is 14.1. The van der Waals surface area contributed by atoms with Crippen molar-refractivity contribution < 1.29 is 22.7 Å². The van der Waals surface area contributed by atoms with Gasteiger partial charge < -0.3 is 15.0 Å². The van der Waals surface area contributed by atoms with Crippen molar-refractivity contribution in [2.75, 3.05) is 24.5 Å². The third kappa shape index (κ3) is 8.38. The van der Waals surface area contributed by atoms with Gasteiger partial charge in [-0.2, -0.15) is 0 Å². The first kappa shape index (κ1) is 32.2. The molecule has 3 aromatic rings. The van der Waals surface area contributed by atoms with Crippen LogP contribution in [0.15, 0.2) is 71.6 Å². The van der Waals surface area contributed by atoms with Crippen LogP contribution >= 0.6 is 23.2 Å². The van der Waals surface area contributed by atoms with E-state index in [4.69, 9.17) is 27.9 Å². The van der Waals surface area contributed by atoms with Crippen molar-refractivity contribution in [2.45, 2.75) is 45.2 Å². The van der Waals surface area contributed by atoms with Gasteiger partial charge in [0, 0.05) is 13.1 Å². The fourth-order valence-electron chi connectivity index (χ4n) is 4.01. The van der Waals surface area contributed by atoms with Gasteiger partial charge in [0.25, 0.3) is 10.0 Å². The Labute approximate surface area is 252 Å². The third-order valence-corrected chi connectivity index (χ3v) is 8.95. The van der Waals surface area contributed by atoms with Gasteiger partial charge in [-0.1, -0.05) is 66.9 Å². The maximum atomic E-state index is 14.0. The molecule has 0 spiro atoms. The van der Waals surface area contributed by atoms with Gasteiger partial charge in [-0.25, -0.2) is 8.42 Å². The largest absolute Gasteiger partial charge is 0.497 e. The Hall–Kier alpha value is -3.27. The van der Waals surface area contributed by atoms with Crippen LogP contribution in [0, 0.1) is 12.8 Å². The zero-order chi connectivity index (χ0) is 30.3. The number of anilines is 1. The molecule has 1 atom stereocenters. The molecule has 0 saturated carbocycles. The fraction of sp³-hybridized carbons (Fsp3) is 0.333. The van der Waals surface area contributed by atoms with Gasteiger partial charge in [0.2, 0.25) is 11.8 Å². The lowest BCUT2D eigenvalue weighted by atomic mass is 10.1. The number of aryl methyl sites for hydroxylation is 1. The van der Waals surface area contributed by atoms with E-state index in [1.54, 1.807) is 43.3 Å². The van der Waals surface area contributed by atoms with Gasteiger partial charge in [0.15, 0.2) is 0 Å². The van der Waals surface area contributed by atoms with Crippen molar-refractivity contribution in [1.29, 1.82) is 0 Å². The maximum absolute atomic E-state index is 14.0. The van der Waals surface area contributed by atoms with E-state index in [2.05, 4.69) is 5.32 Å². The Kier molecular flexibility index (Phi) is 11.1. The number of nitrogens with one attached hydrogen (secondary N) is 1. The molecular weight excluding hydrogens is 585 g/mol. The smallest absolute Gasteiger partial charge is 0.264 e. The second-order valence-corrected chi connectivity index (χ2v) is 12.8. The summed E-state index contributed by atoms with van der Waals surface area (Å²) >= 11 is 12.4. The zero-order valence-corrected chi connectivity index (χ0v) is 26.1. The zero-order valence-electron chi connectivity index (χ0n) is 23.7. The molecule has 0 aromatic heterocycles. The lowest BCUT2D eigenvalue weighted by Gasteiger charge is -2.32. The Balaban J connectivity index is 2.05. The minimum atomic E-state index is -4.22. The predicted molar refractivity (Wildman–Crippen MR) is 163 cm³/mol. The summed E-state index contributed by atoms with van der Waals surface area (Å²) in [4.78, 5) is 28.5. The van der Waals surface area contributed by atoms with Gasteiger partial charge >= 0.3 is 0 Å². The van der Waals surface area contributed by atoms with Gasteiger partial charge in [0.1, 0.15) is 18.3 Å². The fourth-order valence-corrected chi connectivity index (χ4v) is 5.71. The highest BCUT2D eigenvalue weighted by Crippen LogP contribution is 2.31. The van der Waals surface area contributed by atoms with E-state index in [0.717, 1.165) is 9.87 Å². The predicted octanol–water partition coefficient (Wildman–Crippen LogP) is 5.70. The molecule has 0 aliphatic heterocycles. The lowest BCUT2D eigenvalue weighted by Crippen LogP contribution is -2.51. The molecule has 3 rings (SSSR count). The highest BCUT2D eigenvalue weighted by Gasteiger charge is 2.33. The molecule has 0 bridgehead atoms. The molecule has 8 nitrogen and oxygen atoms in total. The number of hydrogen-bond acceptors (Lipinski definition) is 5. The molecule has 0 fully saturated rings. The van der Waals surface area contributed by atoms with Crippen LogP contribution < -0.4 is 14.4 Å². The average molecular weight is 621 g/mol. The molecular formula is C30H35Cl2N3O5S. The number of methoxy groups -OCH3 is 1. The molecule has 0 heterocycles. The number of sulfonamides is 1. The van der Waals surface area contributed by atoms with Crippen molar-refractivity contribution >= 4 is 50.7 Å². The highest BCUT2D eigenvalue weighted by molar-refractivity contribution is 7.92. The first-order chi connectivity index (χ1) is 19.3. The van der Waals surface area contributed by atoms with E-state index >= 15 is 0 Å². The average Bonchev–Trinajstić information content (AvgIpc) is 2.94. The molecule has 2 amide bonds. The summed E-state index contributed by atoms with van der Waals surface area (Å²) < 4.78 is 34.1. The van der Waals surface area contributed by atoms with Crippen molar-refractivity contribution in [3.63, 3.8) is 0 Å². The van der Waals surface area contributed by atoms with Gasteiger partial charge in [0.05, 0.1) is 27.7 Å². The maximum Gasteiger partial charge on any atom is 0.264 e. The quantitative estimate of drug-likeness (QED) is 0.281. The van der Waals surface area contributed by atoms with Gasteiger partial charge in [-0.15, -0.1) is 0 Å². The molecule has 0 unspecified atom stereocenters. The number of hydrogen-bond donors (Lipinski definition) is 1. The summed E-state index contributed by atoms with van der Waals surface area (Å²) in [5.74, 6) is -0.135. The lowest BCUT2D eigenvalue weighted by molar-refractivity contribution is -0.139. The summed E-state index contributed by atoms with van der Waals surface area (Å²) in [5, 5.41) is 3.24. The minimum absolute atomic E-state index is 0.00374. The van der Waals surface area contributed by atoms with Crippen LogP contribution in [0.2, 0.25) is 10.0 Å². The number of rotatable bonds is 12. The second-order valence-electron chi connectivity index (χ2n) is 10.1. The van der Waals surface area contributed by atoms with E-state index in [9.17, 15) is 18.0 Å². The van der Waals surface area contributed by atoms with E-state index in [1.165, 1.54) is 42.3 Å². The Bertz CT molecular complexity index is 1480. The Morgan fingerprint density at radius 2 is 1.63 bits per heavy atom. The van der Waals surface area contributed by atoms with Crippen molar-refractivity contribution in [3.8, 4) is 5.75 Å². The van der Waals surface area contributed by atoms with Crippen molar-refractivity contribution in [2.24, 2.45) is 5.92 Å². The molecule has 0 aliphatic carbocycles. The first-order valence-corrected chi connectivity index (χ1v) is 15.3. The summed E-state index contributed by atoms with van der Waals surface area (Å²) in [6, 6.07) is 16.9. The highest BCUT2D eigenvalue weighted by atomic mass is 35.5. The number of carbonyl (C=O) groups is 2. The molecule has 0 saturated heterocycles. The molecule has 1 N–H and O–H groups in total. The number of ether oxygens (including phenoxy) is 1. The summed E-state index contributed by atoms with van der Waals surface area (Å²) in [5.41, 5.74) is 1.75. The number of benzene rings is 3. The van der Waals surface area contributed by atoms with Crippen LogP contribution in [-0.4, -0.2) is 51.4 Å². The van der Waals surface area contributed by atoms with Crippen molar-refractivity contribution in [1.82, 2.24) is 10.2 Å². The van der Waals surface area contributed by atoms with E-state index in [1.807, 2.05) is 20.8 Å². The van der Waals surface area contributed by atoms with E-state index in [-0.39, 0.29) is 39.0 Å². The monoisotopic (exact) mass is 619 g/mol. The molecule has 220 valence electrons. The van der Waals surface area contributed by atoms with Crippen LogP contribution in [0.1, 0.15) is 31.9 Å². The number of amides is 2. The van der Waals surface area contributed by atoms with Crippen molar-refractivity contribution in [3.05, 3.63) is 87.9 Å². The van der Waals surface area contributed by atoms with Crippen LogP contribution in [0.3, 0.4) is 0 Å². The summed E-state index contributed by atoms with van der Waals surface area (Å²) in [6.07, 6.45) is 0. The number of nitrogens with zero attached hydrogens (tertiary/aromatic N) is 2. The summed E-state index contributed by atoms with van der Waals surface area (Å²) in [7, 11) is -2.68. The topological polar surface area (TPSA) is 96.0 Å².